The zero-order chi connectivity index (χ0) is 27.1. The number of esters is 1. The second-order valence-corrected chi connectivity index (χ2v) is 14.3. The number of allylic oxidation sites excluding steroid dienone is 1. The number of unbranched alkanes of at least 4 members (excludes halogenated alkanes) is 2. The Balaban J connectivity index is 2.62. The number of ether oxygens (including phenoxy) is 3. The monoisotopic (exact) mass is 520 g/mol. The molecule has 0 aliphatic heterocycles. The Morgan fingerprint density at radius 1 is 0.730 bits per heavy atom. The van der Waals surface area contributed by atoms with E-state index >= 15 is 0 Å². The van der Waals surface area contributed by atoms with Crippen LogP contribution in [0.15, 0.2) is 54.3 Å². The molecule has 2 aromatic carbocycles. The lowest BCUT2D eigenvalue weighted by Crippen LogP contribution is -2.29. The third-order valence-electron chi connectivity index (χ3n) is 6.76. The highest BCUT2D eigenvalue weighted by Gasteiger charge is 2.25. The lowest BCUT2D eigenvalue weighted by molar-refractivity contribution is -0.136. The van der Waals surface area contributed by atoms with E-state index in [1.54, 1.807) is 0 Å². The van der Waals surface area contributed by atoms with E-state index in [2.05, 4.69) is 46.1 Å². The highest BCUT2D eigenvalue weighted by Crippen LogP contribution is 2.31. The van der Waals surface area contributed by atoms with Gasteiger partial charge in [0.1, 0.15) is 19.6 Å². The van der Waals surface area contributed by atoms with E-state index in [0.29, 0.717) is 19.0 Å². The van der Waals surface area contributed by atoms with Crippen LogP contribution in [0.2, 0.25) is 18.1 Å². The minimum atomic E-state index is -1.76. The van der Waals surface area contributed by atoms with Gasteiger partial charge >= 0.3 is 5.97 Å². The summed E-state index contributed by atoms with van der Waals surface area (Å²) in [5.74, 6) is 5.01. The van der Waals surface area contributed by atoms with E-state index in [1.165, 1.54) is 6.92 Å². The first-order valence-electron chi connectivity index (χ1n) is 13.8. The zero-order valence-electron chi connectivity index (χ0n) is 23.6. The van der Waals surface area contributed by atoms with Crippen molar-refractivity contribution in [2.24, 2.45) is 0 Å². The van der Waals surface area contributed by atoms with Gasteiger partial charge in [-0.3, -0.25) is 4.79 Å². The molecule has 0 unspecified atom stereocenters. The quantitative estimate of drug-likeness (QED) is 0.0824. The van der Waals surface area contributed by atoms with Crippen molar-refractivity contribution in [3.8, 4) is 23.0 Å². The van der Waals surface area contributed by atoms with Crippen molar-refractivity contribution in [2.45, 2.75) is 85.4 Å². The molecule has 37 heavy (non-hydrogen) atoms. The fourth-order valence-electron chi connectivity index (χ4n) is 4.02. The molecule has 0 radical (unpaired) electrons. The van der Waals surface area contributed by atoms with Gasteiger partial charge in [0.25, 0.3) is 0 Å². The average Bonchev–Trinajstić information content (AvgIpc) is 2.91. The molecule has 0 aromatic heterocycles. The molecule has 2 rings (SSSR count). The van der Waals surface area contributed by atoms with Gasteiger partial charge < -0.3 is 14.2 Å². The Morgan fingerprint density at radius 3 is 1.51 bits per heavy atom. The number of hydrogen-bond donors (Lipinski definition) is 0. The molecule has 0 aliphatic rings. The number of rotatable bonds is 14. The maximum atomic E-state index is 12.2. The molecule has 0 N–H and O–H groups in total. The molecule has 0 saturated carbocycles. The van der Waals surface area contributed by atoms with Crippen LogP contribution >= 0.6 is 0 Å². The summed E-state index contributed by atoms with van der Waals surface area (Å²) >= 11 is 0. The van der Waals surface area contributed by atoms with Crippen LogP contribution in [0.5, 0.6) is 11.5 Å². The Bertz CT molecular complexity index is 991. The largest absolute Gasteiger partial charge is 0.494 e. The summed E-state index contributed by atoms with van der Waals surface area (Å²) in [7, 11) is -1.76. The first-order valence-corrected chi connectivity index (χ1v) is 16.5. The highest BCUT2D eigenvalue weighted by molar-refractivity contribution is 6.87. The molecule has 0 fully saturated rings. The third kappa shape index (κ3) is 9.44. The standard InChI is InChI=1S/C32H44O4Si/c1-7-12-23-34-29-18-14-27(15-19-29)32(28-16-20-30(21-17-28)35-24-13-8-2)31(36-26(6)33)22-25-37(9-3,10-4)11-5/h14-21H,7-13,23-24H2,1-6H3. The third-order valence-corrected chi connectivity index (χ3v) is 11.5. The van der Waals surface area contributed by atoms with E-state index in [1.807, 2.05) is 48.5 Å². The fraction of sp³-hybridized carbons (Fsp3) is 0.469. The van der Waals surface area contributed by atoms with Gasteiger partial charge in [0.15, 0.2) is 5.76 Å². The smallest absolute Gasteiger partial charge is 0.308 e. The van der Waals surface area contributed by atoms with Gasteiger partial charge in [0.2, 0.25) is 0 Å². The molecule has 4 nitrogen and oxygen atoms in total. The Labute approximate surface area is 225 Å². The molecule has 5 heteroatoms. The number of hydrogen-bond acceptors (Lipinski definition) is 4. The molecule has 0 amide bonds. The topological polar surface area (TPSA) is 44.8 Å². The van der Waals surface area contributed by atoms with E-state index in [0.717, 1.165) is 72.0 Å². The van der Waals surface area contributed by atoms with Crippen molar-refractivity contribution in [2.75, 3.05) is 13.2 Å². The molecule has 0 bridgehead atoms. The fourth-order valence-corrected chi connectivity index (χ4v) is 6.43. The summed E-state index contributed by atoms with van der Waals surface area (Å²) < 4.78 is 17.5. The van der Waals surface area contributed by atoms with Crippen molar-refractivity contribution >= 4 is 19.6 Å². The van der Waals surface area contributed by atoms with Crippen molar-refractivity contribution in [1.29, 1.82) is 0 Å². The SMILES string of the molecule is CCCCOc1ccc(C(=C(C#C[Si](CC)(CC)CC)OC(C)=O)c2ccc(OCCCC)cc2)cc1. The number of carbonyl (C=O) groups is 1. The Morgan fingerprint density at radius 2 is 1.16 bits per heavy atom. The van der Waals surface area contributed by atoms with Gasteiger partial charge in [-0.25, -0.2) is 0 Å². The van der Waals surface area contributed by atoms with Crippen molar-refractivity contribution in [3.05, 3.63) is 65.4 Å². The normalized spacial score (nSPS) is 10.8. The average molecular weight is 521 g/mol. The second kappa shape index (κ2) is 16.0. The van der Waals surface area contributed by atoms with E-state index in [4.69, 9.17) is 14.2 Å². The molecule has 0 atom stereocenters. The van der Waals surface area contributed by atoms with Crippen LogP contribution < -0.4 is 9.47 Å². The van der Waals surface area contributed by atoms with Crippen LogP contribution in [0.4, 0.5) is 0 Å². The van der Waals surface area contributed by atoms with E-state index in [-0.39, 0.29) is 5.97 Å². The van der Waals surface area contributed by atoms with Crippen LogP contribution in [0, 0.1) is 11.5 Å². The molecule has 0 aliphatic carbocycles. The van der Waals surface area contributed by atoms with Crippen LogP contribution in [0.3, 0.4) is 0 Å². The van der Waals surface area contributed by atoms with Gasteiger partial charge in [-0.1, -0.05) is 71.7 Å². The highest BCUT2D eigenvalue weighted by atomic mass is 28.3. The minimum Gasteiger partial charge on any atom is -0.494 e. The summed E-state index contributed by atoms with van der Waals surface area (Å²) in [5.41, 5.74) is 6.25. The van der Waals surface area contributed by atoms with Gasteiger partial charge in [-0.2, -0.15) is 0 Å². The van der Waals surface area contributed by atoms with Gasteiger partial charge in [0.05, 0.1) is 13.2 Å². The van der Waals surface area contributed by atoms with Crippen LogP contribution in [0.25, 0.3) is 5.57 Å². The minimum absolute atomic E-state index is 0.377. The van der Waals surface area contributed by atoms with Gasteiger partial charge in [-0.15, -0.1) is 5.54 Å². The molecule has 0 heterocycles. The summed E-state index contributed by atoms with van der Waals surface area (Å²) in [6.45, 7) is 13.8. The maximum Gasteiger partial charge on any atom is 0.308 e. The maximum absolute atomic E-state index is 12.2. The lowest BCUT2D eigenvalue weighted by Gasteiger charge is -2.20. The second-order valence-electron chi connectivity index (χ2n) is 9.34. The molecular formula is C32H44O4Si. The summed E-state index contributed by atoms with van der Waals surface area (Å²) in [6, 6.07) is 19.1. The van der Waals surface area contributed by atoms with Crippen molar-refractivity contribution < 1.29 is 19.0 Å². The van der Waals surface area contributed by atoms with Crippen LogP contribution in [0.1, 0.15) is 78.4 Å². The summed E-state index contributed by atoms with van der Waals surface area (Å²) in [6.07, 6.45) is 4.21. The number of carbonyl (C=O) groups excluding carboxylic acids is 1. The molecule has 2 aromatic rings. The first kappa shape index (κ1) is 30.3. The van der Waals surface area contributed by atoms with Gasteiger partial charge in [-0.05, 0) is 72.3 Å². The zero-order valence-corrected chi connectivity index (χ0v) is 24.6. The van der Waals surface area contributed by atoms with Gasteiger partial charge in [0, 0.05) is 12.5 Å². The Kier molecular flexibility index (Phi) is 13.1. The predicted molar refractivity (Wildman–Crippen MR) is 156 cm³/mol. The molecule has 0 spiro atoms. The first-order chi connectivity index (χ1) is 17.9. The van der Waals surface area contributed by atoms with Crippen LogP contribution in [-0.2, 0) is 9.53 Å². The number of benzene rings is 2. The van der Waals surface area contributed by atoms with Crippen molar-refractivity contribution in [1.82, 2.24) is 0 Å². The van der Waals surface area contributed by atoms with Crippen molar-refractivity contribution in [3.63, 3.8) is 0 Å². The summed E-state index contributed by atoms with van der Waals surface area (Å²) in [5, 5.41) is 0. The molecular weight excluding hydrogens is 476 g/mol. The van der Waals surface area contributed by atoms with E-state index in [9.17, 15) is 4.79 Å². The predicted octanol–water partition coefficient (Wildman–Crippen LogP) is 8.42. The molecule has 200 valence electrons. The lowest BCUT2D eigenvalue weighted by atomic mass is 9.96. The Hall–Kier alpha value is -2.97. The van der Waals surface area contributed by atoms with Crippen LogP contribution in [-0.4, -0.2) is 27.3 Å². The van der Waals surface area contributed by atoms with E-state index < -0.39 is 8.07 Å². The molecule has 0 saturated heterocycles. The summed E-state index contributed by atoms with van der Waals surface area (Å²) in [4.78, 5) is 12.2.